The lowest BCUT2D eigenvalue weighted by atomic mass is 10.2. The first-order valence-corrected chi connectivity index (χ1v) is 6.61. The van der Waals surface area contributed by atoms with Gasteiger partial charge in [-0.1, -0.05) is 6.07 Å². The van der Waals surface area contributed by atoms with Crippen LogP contribution >= 0.6 is 0 Å². The summed E-state index contributed by atoms with van der Waals surface area (Å²) < 4.78 is 50.5. The number of carbonyl (C=O) groups excluding carboxylic acids is 1. The Labute approximate surface area is 129 Å². The molecule has 1 heterocycles. The molecule has 0 atom stereocenters. The minimum Gasteiger partial charge on any atom is -0.323 e. The van der Waals surface area contributed by atoms with Gasteiger partial charge in [0.25, 0.3) is 11.7 Å². The summed E-state index contributed by atoms with van der Waals surface area (Å²) in [6, 6.07) is 7.57. The first-order chi connectivity index (χ1) is 10.8. The fourth-order valence-corrected chi connectivity index (χ4v) is 1.90. The van der Waals surface area contributed by atoms with Gasteiger partial charge in [0, 0.05) is 11.8 Å². The van der Waals surface area contributed by atoms with Crippen LogP contribution in [0.1, 0.15) is 5.56 Å². The number of likely N-dealkylation sites (N-methyl/N-ethyl adjacent to an activating group) is 1. The van der Waals surface area contributed by atoms with E-state index in [1.54, 1.807) is 7.05 Å². The summed E-state index contributed by atoms with van der Waals surface area (Å²) in [4.78, 5) is 15.8. The highest BCUT2D eigenvalue weighted by Crippen LogP contribution is 2.28. The van der Waals surface area contributed by atoms with Gasteiger partial charge in [-0.25, -0.2) is 9.37 Å². The summed E-state index contributed by atoms with van der Waals surface area (Å²) >= 11 is 0. The average Bonchev–Trinajstić information content (AvgIpc) is 2.46. The van der Waals surface area contributed by atoms with Crippen molar-refractivity contribution >= 4 is 17.4 Å². The largest absolute Gasteiger partial charge is 0.419 e. The normalized spacial score (nSPS) is 11.2. The number of aromatic nitrogens is 1. The van der Waals surface area contributed by atoms with Gasteiger partial charge in [0.1, 0.15) is 12.0 Å². The Morgan fingerprint density at radius 2 is 2.00 bits per heavy atom. The van der Waals surface area contributed by atoms with Crippen LogP contribution in [-0.2, 0) is 11.0 Å². The van der Waals surface area contributed by atoms with Crippen LogP contribution < -0.4 is 15.2 Å². The summed E-state index contributed by atoms with van der Waals surface area (Å²) in [6.45, 7) is -0.113. The zero-order valence-corrected chi connectivity index (χ0v) is 12.1. The van der Waals surface area contributed by atoms with E-state index in [1.165, 1.54) is 35.2 Å². The Balaban J connectivity index is 1.98. The highest BCUT2D eigenvalue weighted by atomic mass is 19.4. The summed E-state index contributed by atoms with van der Waals surface area (Å²) in [5.74, 6) is -0.564. The van der Waals surface area contributed by atoms with Gasteiger partial charge in [-0.15, -0.1) is 0 Å². The van der Waals surface area contributed by atoms with Gasteiger partial charge in [0.2, 0.25) is 0 Å². The number of H-pyrrole nitrogens is 1. The summed E-state index contributed by atoms with van der Waals surface area (Å²) in [5, 5.41) is 2.50. The van der Waals surface area contributed by atoms with Gasteiger partial charge < -0.3 is 5.32 Å². The molecule has 0 unspecified atom stereocenters. The molecule has 1 aromatic heterocycles. The molecular weight excluding hydrogens is 314 g/mol. The lowest BCUT2D eigenvalue weighted by Crippen LogP contribution is -2.33. The van der Waals surface area contributed by atoms with Gasteiger partial charge in [-0.05, 0) is 24.3 Å². The second-order valence-corrected chi connectivity index (χ2v) is 4.87. The maximum absolute atomic E-state index is 13.0. The summed E-state index contributed by atoms with van der Waals surface area (Å²) in [5.41, 5.74) is -0.501. The number of hydrogen-bond acceptors (Lipinski definition) is 2. The molecule has 8 heteroatoms. The molecule has 2 aromatic rings. The molecule has 0 radical (unpaired) electrons. The first-order valence-electron chi connectivity index (χ1n) is 6.61. The number of amides is 1. The van der Waals surface area contributed by atoms with Crippen LogP contribution in [0.2, 0.25) is 0 Å². The van der Waals surface area contributed by atoms with E-state index in [1.807, 2.05) is 0 Å². The predicted octanol–water partition coefficient (Wildman–Crippen LogP) is 2.73. The predicted molar refractivity (Wildman–Crippen MR) is 76.3 cm³/mol. The lowest BCUT2D eigenvalue weighted by molar-refractivity contribution is -0.367. The molecule has 0 saturated carbocycles. The van der Waals surface area contributed by atoms with Gasteiger partial charge in [-0.2, -0.15) is 13.2 Å². The molecule has 1 amide bonds. The van der Waals surface area contributed by atoms with E-state index in [-0.39, 0.29) is 6.54 Å². The number of pyridine rings is 1. The molecular formula is C15H14F4N3O+. The molecule has 0 spiro atoms. The Morgan fingerprint density at radius 1 is 1.26 bits per heavy atom. The molecule has 0 fully saturated rings. The first kappa shape index (κ1) is 16.7. The number of anilines is 2. The quantitative estimate of drug-likeness (QED) is 0.877. The van der Waals surface area contributed by atoms with Crippen molar-refractivity contribution in [3.63, 3.8) is 0 Å². The highest BCUT2D eigenvalue weighted by molar-refractivity contribution is 5.93. The monoisotopic (exact) mass is 328 g/mol. The third-order valence-electron chi connectivity index (χ3n) is 3.02. The average molecular weight is 328 g/mol. The maximum Gasteiger partial charge on any atom is 0.419 e. The van der Waals surface area contributed by atoms with E-state index in [9.17, 15) is 22.4 Å². The molecule has 23 heavy (non-hydrogen) atoms. The van der Waals surface area contributed by atoms with Crippen LogP contribution in [0, 0.1) is 5.82 Å². The number of alkyl halides is 3. The summed E-state index contributed by atoms with van der Waals surface area (Å²) in [6.07, 6.45) is -3.60. The van der Waals surface area contributed by atoms with Crippen molar-refractivity contribution in [2.75, 3.05) is 23.8 Å². The number of nitrogens with one attached hydrogen (secondary N) is 2. The van der Waals surface area contributed by atoms with Crippen LogP contribution in [0.5, 0.6) is 0 Å². The molecule has 122 valence electrons. The van der Waals surface area contributed by atoms with Crippen LogP contribution in [0.25, 0.3) is 0 Å². The smallest absolute Gasteiger partial charge is 0.323 e. The fraction of sp³-hybridized carbons (Fsp3) is 0.200. The number of nitrogens with zero attached hydrogens (tertiary/aromatic N) is 1. The van der Waals surface area contributed by atoms with Crippen LogP contribution in [0.4, 0.5) is 29.1 Å². The molecule has 0 bridgehead atoms. The van der Waals surface area contributed by atoms with Crippen molar-refractivity contribution in [1.29, 1.82) is 0 Å². The Hall–Kier alpha value is -2.64. The van der Waals surface area contributed by atoms with Crippen molar-refractivity contribution in [2.45, 2.75) is 6.18 Å². The van der Waals surface area contributed by atoms with E-state index < -0.39 is 23.5 Å². The van der Waals surface area contributed by atoms with Crippen LogP contribution in [0.3, 0.4) is 0 Å². The molecule has 2 rings (SSSR count). The molecule has 0 aliphatic heterocycles. The number of benzene rings is 1. The third-order valence-corrected chi connectivity index (χ3v) is 3.02. The lowest BCUT2D eigenvalue weighted by Gasteiger charge is -2.12. The van der Waals surface area contributed by atoms with E-state index in [0.29, 0.717) is 11.5 Å². The van der Waals surface area contributed by atoms with Crippen LogP contribution in [-0.4, -0.2) is 19.5 Å². The van der Waals surface area contributed by atoms with Gasteiger partial charge in [0.05, 0.1) is 12.6 Å². The maximum atomic E-state index is 13.0. The number of hydrogen-bond donors (Lipinski definition) is 1. The Bertz CT molecular complexity index is 686. The second-order valence-electron chi connectivity index (χ2n) is 4.87. The minimum atomic E-state index is -4.43. The topological polar surface area (TPSA) is 46.5 Å². The Kier molecular flexibility index (Phi) is 4.83. The van der Waals surface area contributed by atoms with Gasteiger partial charge >= 0.3 is 6.18 Å². The van der Waals surface area contributed by atoms with E-state index in [0.717, 1.165) is 12.3 Å². The highest BCUT2D eigenvalue weighted by Gasteiger charge is 2.32. The van der Waals surface area contributed by atoms with Crippen molar-refractivity contribution < 1.29 is 27.3 Å². The fourth-order valence-electron chi connectivity index (χ4n) is 1.90. The van der Waals surface area contributed by atoms with Crippen molar-refractivity contribution in [3.05, 3.63) is 54.0 Å². The summed E-state index contributed by atoms with van der Waals surface area (Å²) in [7, 11) is 1.55. The molecule has 0 aliphatic rings. The van der Waals surface area contributed by atoms with Gasteiger partial charge in [0.15, 0.2) is 6.54 Å². The van der Waals surface area contributed by atoms with E-state index in [4.69, 9.17) is 0 Å². The molecule has 2 N–H and O–H groups in total. The third kappa shape index (κ3) is 4.67. The van der Waals surface area contributed by atoms with E-state index >= 15 is 0 Å². The molecule has 1 aromatic carbocycles. The molecule has 0 saturated heterocycles. The number of carbonyl (C=O) groups is 1. The zero-order valence-electron chi connectivity index (χ0n) is 12.1. The number of halogens is 4. The second kappa shape index (κ2) is 6.64. The molecule has 4 nitrogen and oxygen atoms in total. The number of aromatic amines is 1. The van der Waals surface area contributed by atoms with Crippen molar-refractivity contribution in [1.82, 2.24) is 0 Å². The zero-order chi connectivity index (χ0) is 17.0. The molecule has 0 aliphatic carbocycles. The van der Waals surface area contributed by atoms with Crippen molar-refractivity contribution in [2.24, 2.45) is 0 Å². The van der Waals surface area contributed by atoms with Crippen molar-refractivity contribution in [3.8, 4) is 0 Å². The van der Waals surface area contributed by atoms with Crippen LogP contribution in [0.15, 0.2) is 42.6 Å². The number of rotatable bonds is 4. The van der Waals surface area contributed by atoms with Gasteiger partial charge in [-0.3, -0.25) is 9.69 Å². The minimum absolute atomic E-state index is 0.113. The Morgan fingerprint density at radius 3 is 2.57 bits per heavy atom. The van der Waals surface area contributed by atoms with E-state index in [2.05, 4.69) is 10.3 Å². The SMILES string of the molecule is CN(CC(=O)Nc1cccc(F)c1)c1ccc(C(F)(F)F)c[nH+]1. The standard InChI is InChI=1S/C15H13F4N3O/c1-22(13-6-5-10(8-20-13)15(17,18)19)9-14(23)21-12-4-2-3-11(16)7-12/h2-8H,9H2,1H3,(H,21,23)/p+1.